The molecule has 3 rings (SSSR count). The molecule has 1 aromatic heterocycles. The van der Waals surface area contributed by atoms with Crippen LogP contribution < -0.4 is 19.7 Å². The van der Waals surface area contributed by atoms with Crippen molar-refractivity contribution in [2.24, 2.45) is 0 Å². The van der Waals surface area contributed by atoms with Crippen LogP contribution in [0.2, 0.25) is 10.3 Å². The Kier molecular flexibility index (Phi) is 8.78. The normalized spacial score (nSPS) is 14.2. The summed E-state index contributed by atoms with van der Waals surface area (Å²) in [6.07, 6.45) is 1.80. The largest absolute Gasteiger partial charge is 0.494 e. The standard InChI is InChI=1S/C22H28Cl2N4O4/c1-4-31-16-10-14(20(23)18(11-16)32-5-2)13-28(15-6-8-25-9-7-15)19-12-17(21(29)30-3)26-22(24)27-19/h10-12,15,25H,4-9,13H2,1-3H3. The maximum atomic E-state index is 12.1. The molecule has 2 heterocycles. The van der Waals surface area contributed by atoms with Crippen LogP contribution >= 0.6 is 23.2 Å². The maximum absolute atomic E-state index is 12.1. The zero-order valence-corrected chi connectivity index (χ0v) is 20.0. The van der Waals surface area contributed by atoms with Crippen LogP contribution in [0.4, 0.5) is 5.82 Å². The summed E-state index contributed by atoms with van der Waals surface area (Å²) in [4.78, 5) is 22.6. The molecule has 0 aliphatic carbocycles. The molecule has 1 aliphatic rings. The number of benzene rings is 1. The lowest BCUT2D eigenvalue weighted by Gasteiger charge is -2.36. The first-order valence-corrected chi connectivity index (χ1v) is 11.4. The first-order chi connectivity index (χ1) is 15.5. The Labute approximate surface area is 198 Å². The second-order valence-corrected chi connectivity index (χ2v) is 7.96. The lowest BCUT2D eigenvalue weighted by Crippen LogP contribution is -2.43. The van der Waals surface area contributed by atoms with Gasteiger partial charge in [0.15, 0.2) is 5.69 Å². The second kappa shape index (κ2) is 11.5. The highest BCUT2D eigenvalue weighted by molar-refractivity contribution is 6.33. The number of halogens is 2. The van der Waals surface area contributed by atoms with Crippen molar-refractivity contribution >= 4 is 35.0 Å². The van der Waals surface area contributed by atoms with Crippen LogP contribution in [-0.4, -0.2) is 55.4 Å². The summed E-state index contributed by atoms with van der Waals surface area (Å²) < 4.78 is 16.3. The van der Waals surface area contributed by atoms with E-state index in [0.29, 0.717) is 42.1 Å². The van der Waals surface area contributed by atoms with Crippen LogP contribution in [0.15, 0.2) is 18.2 Å². The lowest BCUT2D eigenvalue weighted by atomic mass is 10.0. The molecule has 0 saturated carbocycles. The fourth-order valence-corrected chi connectivity index (χ4v) is 4.12. The van der Waals surface area contributed by atoms with E-state index in [9.17, 15) is 4.79 Å². The zero-order chi connectivity index (χ0) is 23.1. The summed E-state index contributed by atoms with van der Waals surface area (Å²) >= 11 is 12.9. The molecule has 0 atom stereocenters. The van der Waals surface area contributed by atoms with Crippen molar-refractivity contribution in [1.29, 1.82) is 0 Å². The molecule has 2 aromatic rings. The number of esters is 1. The first-order valence-electron chi connectivity index (χ1n) is 10.6. The monoisotopic (exact) mass is 482 g/mol. The molecule has 0 bridgehead atoms. The van der Waals surface area contributed by atoms with E-state index in [-0.39, 0.29) is 17.0 Å². The fraction of sp³-hybridized carbons (Fsp3) is 0.500. The molecule has 1 fully saturated rings. The van der Waals surface area contributed by atoms with Gasteiger partial charge in [-0.05, 0) is 63.0 Å². The Bertz CT molecular complexity index is 938. The van der Waals surface area contributed by atoms with Crippen molar-refractivity contribution in [3.8, 4) is 11.5 Å². The fourth-order valence-electron chi connectivity index (χ4n) is 3.71. The minimum absolute atomic E-state index is 0.0222. The van der Waals surface area contributed by atoms with Crippen molar-refractivity contribution in [3.63, 3.8) is 0 Å². The van der Waals surface area contributed by atoms with E-state index in [1.165, 1.54) is 7.11 Å². The van der Waals surface area contributed by atoms with Gasteiger partial charge in [-0.15, -0.1) is 0 Å². The van der Waals surface area contributed by atoms with Gasteiger partial charge in [-0.25, -0.2) is 14.8 Å². The van der Waals surface area contributed by atoms with Crippen molar-refractivity contribution in [3.05, 3.63) is 39.8 Å². The van der Waals surface area contributed by atoms with Crippen molar-refractivity contribution in [1.82, 2.24) is 15.3 Å². The SMILES string of the molecule is CCOc1cc(CN(c2cc(C(=O)OC)nc(Cl)n2)C2CCNCC2)c(Cl)c(OCC)c1. The molecule has 174 valence electrons. The van der Waals surface area contributed by atoms with Gasteiger partial charge in [0, 0.05) is 24.7 Å². The summed E-state index contributed by atoms with van der Waals surface area (Å²) in [7, 11) is 1.30. The third-order valence-electron chi connectivity index (χ3n) is 5.16. The lowest BCUT2D eigenvalue weighted by molar-refractivity contribution is 0.0594. The Morgan fingerprint density at radius 3 is 2.50 bits per heavy atom. The average Bonchev–Trinajstić information content (AvgIpc) is 2.80. The van der Waals surface area contributed by atoms with Gasteiger partial charge >= 0.3 is 5.97 Å². The second-order valence-electron chi connectivity index (χ2n) is 7.24. The third-order valence-corrected chi connectivity index (χ3v) is 5.76. The molecular weight excluding hydrogens is 455 g/mol. The summed E-state index contributed by atoms with van der Waals surface area (Å²) in [6.45, 7) is 7.01. The van der Waals surface area contributed by atoms with E-state index < -0.39 is 5.97 Å². The highest BCUT2D eigenvalue weighted by atomic mass is 35.5. The van der Waals surface area contributed by atoms with E-state index in [2.05, 4.69) is 20.2 Å². The van der Waals surface area contributed by atoms with E-state index in [0.717, 1.165) is 31.5 Å². The quantitative estimate of drug-likeness (QED) is 0.421. The van der Waals surface area contributed by atoms with Crippen molar-refractivity contribution < 1.29 is 19.0 Å². The molecule has 1 saturated heterocycles. The van der Waals surface area contributed by atoms with Gasteiger partial charge in [0.1, 0.15) is 17.3 Å². The number of aromatic nitrogens is 2. The molecular formula is C22H28Cl2N4O4. The van der Waals surface area contributed by atoms with Gasteiger partial charge in [-0.1, -0.05) is 11.6 Å². The Balaban J connectivity index is 2.05. The van der Waals surface area contributed by atoms with Gasteiger partial charge < -0.3 is 24.4 Å². The Morgan fingerprint density at radius 1 is 1.12 bits per heavy atom. The summed E-state index contributed by atoms with van der Waals surface area (Å²) in [5, 5.41) is 3.87. The van der Waals surface area contributed by atoms with E-state index in [1.807, 2.05) is 19.9 Å². The number of hydrogen-bond acceptors (Lipinski definition) is 8. The first kappa shape index (κ1) is 24.4. The number of hydrogen-bond donors (Lipinski definition) is 1. The van der Waals surface area contributed by atoms with Crippen LogP contribution in [-0.2, 0) is 11.3 Å². The number of nitrogens with one attached hydrogen (secondary N) is 1. The van der Waals surface area contributed by atoms with Crippen LogP contribution in [0.3, 0.4) is 0 Å². The summed E-state index contributed by atoms with van der Waals surface area (Å²) in [5.74, 6) is 1.21. The van der Waals surface area contributed by atoms with Gasteiger partial charge in [0.25, 0.3) is 0 Å². The Hall–Kier alpha value is -2.29. The van der Waals surface area contributed by atoms with Crippen molar-refractivity contribution in [2.45, 2.75) is 39.3 Å². The van der Waals surface area contributed by atoms with Crippen LogP contribution in [0.1, 0.15) is 42.7 Å². The smallest absolute Gasteiger partial charge is 0.356 e. The molecule has 0 amide bonds. The van der Waals surface area contributed by atoms with Gasteiger partial charge in [-0.2, -0.15) is 0 Å². The van der Waals surface area contributed by atoms with Crippen LogP contribution in [0.25, 0.3) is 0 Å². The molecule has 10 heteroatoms. The molecule has 0 radical (unpaired) electrons. The molecule has 0 spiro atoms. The van der Waals surface area contributed by atoms with E-state index >= 15 is 0 Å². The zero-order valence-electron chi connectivity index (χ0n) is 18.5. The van der Waals surface area contributed by atoms with E-state index in [1.54, 1.807) is 12.1 Å². The number of ether oxygens (including phenoxy) is 3. The van der Waals surface area contributed by atoms with Crippen LogP contribution in [0, 0.1) is 0 Å². The average molecular weight is 483 g/mol. The van der Waals surface area contributed by atoms with Gasteiger partial charge in [0.2, 0.25) is 5.28 Å². The van der Waals surface area contributed by atoms with Gasteiger partial charge in [0.05, 0.1) is 25.3 Å². The van der Waals surface area contributed by atoms with Crippen LogP contribution in [0.5, 0.6) is 11.5 Å². The summed E-state index contributed by atoms with van der Waals surface area (Å²) in [6, 6.07) is 5.47. The summed E-state index contributed by atoms with van der Waals surface area (Å²) in [5.41, 5.74) is 0.930. The van der Waals surface area contributed by atoms with Crippen molar-refractivity contribution in [2.75, 3.05) is 38.3 Å². The molecule has 32 heavy (non-hydrogen) atoms. The predicted octanol–water partition coefficient (Wildman–Crippen LogP) is 4.13. The number of carbonyl (C=O) groups excluding carboxylic acids is 1. The minimum Gasteiger partial charge on any atom is -0.494 e. The number of carbonyl (C=O) groups is 1. The molecule has 1 aromatic carbocycles. The van der Waals surface area contributed by atoms with E-state index in [4.69, 9.17) is 37.4 Å². The number of piperidine rings is 1. The molecule has 0 unspecified atom stereocenters. The number of anilines is 1. The predicted molar refractivity (Wildman–Crippen MR) is 124 cm³/mol. The minimum atomic E-state index is -0.573. The number of rotatable bonds is 9. The Morgan fingerprint density at radius 2 is 1.84 bits per heavy atom. The molecule has 1 N–H and O–H groups in total. The highest BCUT2D eigenvalue weighted by Crippen LogP contribution is 2.36. The maximum Gasteiger partial charge on any atom is 0.356 e. The molecule has 8 nitrogen and oxygen atoms in total. The highest BCUT2D eigenvalue weighted by Gasteiger charge is 2.26. The number of methoxy groups -OCH3 is 1. The molecule has 1 aliphatic heterocycles. The van der Waals surface area contributed by atoms with Gasteiger partial charge in [-0.3, -0.25) is 0 Å². The third kappa shape index (κ3) is 5.94. The topological polar surface area (TPSA) is 85.8 Å². The number of nitrogens with zero attached hydrogens (tertiary/aromatic N) is 3.